The smallest absolute Gasteiger partial charge is 0.302 e. The second-order valence-electron chi connectivity index (χ2n) is 3.37. The summed E-state index contributed by atoms with van der Waals surface area (Å²) in [5.41, 5.74) is -0.885. The van der Waals surface area contributed by atoms with E-state index in [2.05, 4.69) is 10.0 Å². The van der Waals surface area contributed by atoms with Gasteiger partial charge in [0.15, 0.2) is 0 Å². The quantitative estimate of drug-likeness (QED) is 0.430. The summed E-state index contributed by atoms with van der Waals surface area (Å²) in [4.78, 5) is 11.4. The molecule has 0 saturated carbocycles. The van der Waals surface area contributed by atoms with Crippen LogP contribution in [0.25, 0.3) is 0 Å². The molecule has 0 aliphatic carbocycles. The molecule has 2 aliphatic heterocycles. The van der Waals surface area contributed by atoms with Crippen LogP contribution < -0.4 is 14.8 Å². The number of hydrogen-bond acceptors (Lipinski definition) is 4. The third-order valence-corrected chi connectivity index (χ3v) is 3.56. The minimum Gasteiger partial charge on any atom is -0.317 e. The van der Waals surface area contributed by atoms with Crippen molar-refractivity contribution < 1.29 is 13.2 Å². The molecule has 13 heavy (non-hydrogen) atoms. The molecule has 6 nitrogen and oxygen atoms in total. The fourth-order valence-corrected chi connectivity index (χ4v) is 3.03. The van der Waals surface area contributed by atoms with Crippen molar-refractivity contribution in [2.75, 3.05) is 13.1 Å². The van der Waals surface area contributed by atoms with Gasteiger partial charge in [-0.25, -0.2) is 4.72 Å². The van der Waals surface area contributed by atoms with Crippen LogP contribution in [-0.4, -0.2) is 33.0 Å². The van der Waals surface area contributed by atoms with Crippen LogP contribution in [0.5, 0.6) is 0 Å². The monoisotopic (exact) mass is 205 g/mol. The van der Waals surface area contributed by atoms with Gasteiger partial charge in [-0.3, -0.25) is 4.79 Å². The summed E-state index contributed by atoms with van der Waals surface area (Å²) in [6, 6.07) is 0. The normalized spacial score (nSPS) is 30.3. The lowest BCUT2D eigenvalue weighted by Gasteiger charge is -2.29. The first kappa shape index (κ1) is 8.92. The number of nitrogens with one attached hydrogen (secondary N) is 3. The molecule has 0 aromatic carbocycles. The van der Waals surface area contributed by atoms with Gasteiger partial charge in [0, 0.05) is 0 Å². The molecule has 2 saturated heterocycles. The van der Waals surface area contributed by atoms with Crippen molar-refractivity contribution in [3.8, 4) is 0 Å². The van der Waals surface area contributed by atoms with Crippen molar-refractivity contribution in [1.82, 2.24) is 14.8 Å². The maximum Gasteiger partial charge on any atom is 0.302 e. The highest BCUT2D eigenvalue weighted by molar-refractivity contribution is 7.88. The van der Waals surface area contributed by atoms with Gasteiger partial charge in [0.25, 0.3) is 5.91 Å². The zero-order valence-electron chi connectivity index (χ0n) is 6.96. The van der Waals surface area contributed by atoms with E-state index in [1.54, 1.807) is 0 Å². The maximum atomic E-state index is 11.4. The minimum atomic E-state index is -3.58. The van der Waals surface area contributed by atoms with Crippen molar-refractivity contribution in [1.29, 1.82) is 0 Å². The van der Waals surface area contributed by atoms with Crippen LogP contribution >= 0.6 is 0 Å². The fraction of sp³-hybridized carbons (Fsp3) is 0.833. The number of carbonyl (C=O) groups excluding carboxylic acids is 1. The predicted octanol–water partition coefficient (Wildman–Crippen LogP) is -1.93. The average Bonchev–Trinajstić information content (AvgIpc) is 2.23. The Morgan fingerprint density at radius 2 is 1.85 bits per heavy atom. The molecule has 1 amide bonds. The number of amides is 1. The molecule has 74 valence electrons. The van der Waals surface area contributed by atoms with Crippen molar-refractivity contribution in [3.63, 3.8) is 0 Å². The van der Waals surface area contributed by atoms with Gasteiger partial charge in [0.2, 0.25) is 0 Å². The third kappa shape index (κ3) is 1.43. The first-order chi connectivity index (χ1) is 6.04. The molecular formula is C6H11N3O3S. The predicted molar refractivity (Wildman–Crippen MR) is 45.0 cm³/mol. The largest absolute Gasteiger partial charge is 0.317 e. The van der Waals surface area contributed by atoms with Crippen LogP contribution in [0.1, 0.15) is 12.8 Å². The average molecular weight is 205 g/mol. The van der Waals surface area contributed by atoms with Crippen LogP contribution in [-0.2, 0) is 15.0 Å². The minimum absolute atomic E-state index is 0.422. The summed E-state index contributed by atoms with van der Waals surface area (Å²) in [5, 5.41) is 3.07. The number of piperidine rings is 1. The number of carbonyl (C=O) groups is 1. The van der Waals surface area contributed by atoms with E-state index in [9.17, 15) is 13.2 Å². The van der Waals surface area contributed by atoms with E-state index in [-0.39, 0.29) is 0 Å². The first-order valence-electron chi connectivity index (χ1n) is 4.11. The summed E-state index contributed by atoms with van der Waals surface area (Å²) in [6.07, 6.45) is 1.02. The molecule has 3 N–H and O–H groups in total. The Morgan fingerprint density at radius 1 is 1.23 bits per heavy atom. The van der Waals surface area contributed by atoms with Gasteiger partial charge in [-0.15, -0.1) is 0 Å². The van der Waals surface area contributed by atoms with E-state index < -0.39 is 21.7 Å². The van der Waals surface area contributed by atoms with E-state index >= 15 is 0 Å². The van der Waals surface area contributed by atoms with Gasteiger partial charge in [-0.1, -0.05) is 0 Å². The van der Waals surface area contributed by atoms with E-state index in [1.807, 2.05) is 4.72 Å². The van der Waals surface area contributed by atoms with Crippen molar-refractivity contribution >= 4 is 16.1 Å². The Balaban J connectivity index is 2.28. The van der Waals surface area contributed by atoms with Gasteiger partial charge in [0.05, 0.1) is 0 Å². The molecule has 2 heterocycles. The molecule has 0 bridgehead atoms. The molecule has 0 radical (unpaired) electrons. The third-order valence-electron chi connectivity index (χ3n) is 2.45. The topological polar surface area (TPSA) is 87.3 Å². The Hall–Kier alpha value is -0.660. The fourth-order valence-electron chi connectivity index (χ4n) is 1.73. The summed E-state index contributed by atoms with van der Waals surface area (Å²) >= 11 is 0. The zero-order valence-corrected chi connectivity index (χ0v) is 7.78. The summed E-state index contributed by atoms with van der Waals surface area (Å²) in [7, 11) is -3.58. The van der Waals surface area contributed by atoms with Crippen LogP contribution in [0.15, 0.2) is 0 Å². The van der Waals surface area contributed by atoms with E-state index in [0.29, 0.717) is 25.9 Å². The molecule has 2 aliphatic rings. The SMILES string of the molecule is O=C1NS(=O)(=O)NC12CCNCC2. The molecule has 0 aromatic rings. The Labute approximate surface area is 76.3 Å². The van der Waals surface area contributed by atoms with Crippen molar-refractivity contribution in [2.45, 2.75) is 18.4 Å². The second-order valence-corrected chi connectivity index (χ2v) is 4.78. The Morgan fingerprint density at radius 3 is 2.31 bits per heavy atom. The first-order valence-corrected chi connectivity index (χ1v) is 5.59. The zero-order chi connectivity index (χ0) is 9.53. The summed E-state index contributed by atoms with van der Waals surface area (Å²) in [6.45, 7) is 1.33. The highest BCUT2D eigenvalue weighted by atomic mass is 32.2. The van der Waals surface area contributed by atoms with Crippen LogP contribution in [0.4, 0.5) is 0 Å². The Kier molecular flexibility index (Phi) is 1.83. The maximum absolute atomic E-state index is 11.4. The van der Waals surface area contributed by atoms with Gasteiger partial charge < -0.3 is 5.32 Å². The number of hydrogen-bond donors (Lipinski definition) is 3. The van der Waals surface area contributed by atoms with Crippen LogP contribution in [0.3, 0.4) is 0 Å². The Bertz CT molecular complexity index is 331. The molecular weight excluding hydrogens is 194 g/mol. The van der Waals surface area contributed by atoms with Crippen LogP contribution in [0, 0.1) is 0 Å². The lowest BCUT2D eigenvalue weighted by atomic mass is 9.89. The van der Waals surface area contributed by atoms with Gasteiger partial charge >= 0.3 is 10.2 Å². The second kappa shape index (κ2) is 2.66. The standard InChI is InChI=1S/C6H11N3O3S/c10-5-6(1-3-7-4-2-6)9-13(11,12)8-5/h7,9H,1-4H2,(H,8,10). The van der Waals surface area contributed by atoms with E-state index in [4.69, 9.17) is 0 Å². The van der Waals surface area contributed by atoms with Gasteiger partial charge in [-0.05, 0) is 25.9 Å². The van der Waals surface area contributed by atoms with Crippen LogP contribution in [0.2, 0.25) is 0 Å². The van der Waals surface area contributed by atoms with E-state index in [1.165, 1.54) is 0 Å². The lowest BCUT2D eigenvalue weighted by molar-refractivity contribution is -0.124. The molecule has 0 unspecified atom stereocenters. The summed E-state index contributed by atoms with van der Waals surface area (Å²) < 4.78 is 26.4. The molecule has 0 aromatic heterocycles. The molecule has 2 fully saturated rings. The lowest BCUT2D eigenvalue weighted by Crippen LogP contribution is -2.53. The molecule has 0 atom stereocenters. The van der Waals surface area contributed by atoms with Crippen molar-refractivity contribution in [3.05, 3.63) is 0 Å². The van der Waals surface area contributed by atoms with Gasteiger partial charge in [-0.2, -0.15) is 13.1 Å². The highest BCUT2D eigenvalue weighted by Gasteiger charge is 2.49. The highest BCUT2D eigenvalue weighted by Crippen LogP contribution is 2.23. The molecule has 7 heteroatoms. The summed E-state index contributed by atoms with van der Waals surface area (Å²) in [5.74, 6) is -0.422. The molecule has 1 spiro atoms. The van der Waals surface area contributed by atoms with Gasteiger partial charge in [0.1, 0.15) is 5.54 Å². The van der Waals surface area contributed by atoms with Crippen molar-refractivity contribution in [2.24, 2.45) is 0 Å². The van der Waals surface area contributed by atoms with E-state index in [0.717, 1.165) is 0 Å². The number of rotatable bonds is 0. The molecule has 2 rings (SSSR count).